The zero-order chi connectivity index (χ0) is 12.8. The number of hydrogen-bond donors (Lipinski definition) is 0. The molecule has 0 unspecified atom stereocenters. The van der Waals surface area contributed by atoms with Crippen molar-refractivity contribution in [3.8, 4) is 0 Å². The molecule has 0 atom stereocenters. The lowest BCUT2D eigenvalue weighted by Crippen LogP contribution is -1.93. The van der Waals surface area contributed by atoms with Gasteiger partial charge in [-0.25, -0.2) is 0 Å². The summed E-state index contributed by atoms with van der Waals surface area (Å²) in [5, 5.41) is 0.862. The first-order valence-corrected chi connectivity index (χ1v) is 8.48. The molecule has 17 heavy (non-hydrogen) atoms. The minimum Gasteiger partial charge on any atom is -0.121 e. The number of benzene rings is 1. The molecular weight excluding hydrogens is 268 g/mol. The summed E-state index contributed by atoms with van der Waals surface area (Å²) in [5.41, 5.74) is 2.49. The first kappa shape index (κ1) is 15.0. The summed E-state index contributed by atoms with van der Waals surface area (Å²) in [6.45, 7) is 4.47. The Kier molecular flexibility index (Phi) is 6.53. The minimum atomic E-state index is 0.694. The highest BCUT2D eigenvalue weighted by Gasteiger charge is 2.06. The molecule has 0 fully saturated rings. The number of halogens is 1. The first-order valence-electron chi connectivity index (χ1n) is 5.65. The average molecular weight is 287 g/mol. The Morgan fingerprint density at radius 3 is 2.06 bits per heavy atom. The summed E-state index contributed by atoms with van der Waals surface area (Å²) in [4.78, 5) is 0. The second-order valence-corrected chi connectivity index (χ2v) is 6.57. The van der Waals surface area contributed by atoms with Gasteiger partial charge in [-0.15, -0.1) is 23.5 Å². The van der Waals surface area contributed by atoms with Crippen LogP contribution in [0, 0.1) is 5.92 Å². The Bertz CT molecular complexity index is 374. The molecule has 0 aliphatic rings. The molecular formula is C14H19ClS2. The lowest BCUT2D eigenvalue weighted by atomic mass is 10.0. The average Bonchev–Trinajstić information content (AvgIpc) is 2.30. The molecule has 1 aromatic rings. The molecule has 0 heterocycles. The van der Waals surface area contributed by atoms with E-state index in [1.165, 1.54) is 9.80 Å². The van der Waals surface area contributed by atoms with Crippen LogP contribution in [0.3, 0.4) is 0 Å². The van der Waals surface area contributed by atoms with Crippen molar-refractivity contribution in [2.24, 2.45) is 5.92 Å². The standard InChI is InChI=1S/C14H19ClS2/c1-10(2)9-11-5-7-12(8-6-11)13(15)14(16-3)17-4/h5-8,10H,9H2,1-4H3. The van der Waals surface area contributed by atoms with Gasteiger partial charge in [0.15, 0.2) is 0 Å². The van der Waals surface area contributed by atoms with Crippen molar-refractivity contribution in [3.05, 3.63) is 39.6 Å². The van der Waals surface area contributed by atoms with Crippen LogP contribution in [0.2, 0.25) is 0 Å². The quantitative estimate of drug-likeness (QED) is 0.703. The number of rotatable bonds is 5. The molecule has 94 valence electrons. The fraction of sp³-hybridized carbons (Fsp3) is 0.429. The Hall–Kier alpha value is -0.0500. The zero-order valence-corrected chi connectivity index (χ0v) is 13.2. The Morgan fingerprint density at radius 1 is 1.12 bits per heavy atom. The van der Waals surface area contributed by atoms with E-state index < -0.39 is 0 Å². The SMILES string of the molecule is CSC(SC)=C(Cl)c1ccc(CC(C)C)cc1. The smallest absolute Gasteiger partial charge is 0.0678 e. The normalized spacial score (nSPS) is 10.7. The van der Waals surface area contributed by atoms with Gasteiger partial charge >= 0.3 is 0 Å². The zero-order valence-electron chi connectivity index (χ0n) is 10.8. The lowest BCUT2D eigenvalue weighted by molar-refractivity contribution is 0.647. The highest BCUT2D eigenvalue weighted by atomic mass is 35.5. The monoisotopic (exact) mass is 286 g/mol. The third-order valence-electron chi connectivity index (χ3n) is 2.40. The van der Waals surface area contributed by atoms with Crippen LogP contribution in [-0.2, 0) is 6.42 Å². The molecule has 0 saturated carbocycles. The van der Waals surface area contributed by atoms with Gasteiger partial charge in [0.05, 0.1) is 9.27 Å². The largest absolute Gasteiger partial charge is 0.121 e. The molecule has 0 bridgehead atoms. The molecule has 0 radical (unpaired) electrons. The molecule has 0 N–H and O–H groups in total. The van der Waals surface area contributed by atoms with E-state index in [1.807, 2.05) is 0 Å². The van der Waals surface area contributed by atoms with E-state index in [9.17, 15) is 0 Å². The number of hydrogen-bond acceptors (Lipinski definition) is 2. The van der Waals surface area contributed by atoms with Crippen molar-refractivity contribution >= 4 is 40.2 Å². The molecule has 3 heteroatoms. The second-order valence-electron chi connectivity index (χ2n) is 4.30. The maximum absolute atomic E-state index is 6.37. The van der Waals surface area contributed by atoms with Gasteiger partial charge in [-0.05, 0) is 36.0 Å². The van der Waals surface area contributed by atoms with E-state index in [0.717, 1.165) is 17.0 Å². The first-order chi connectivity index (χ1) is 8.08. The van der Waals surface area contributed by atoms with E-state index in [0.29, 0.717) is 5.92 Å². The molecule has 0 spiro atoms. The van der Waals surface area contributed by atoms with E-state index in [1.54, 1.807) is 23.5 Å². The van der Waals surface area contributed by atoms with Gasteiger partial charge in [0.2, 0.25) is 0 Å². The van der Waals surface area contributed by atoms with Crippen molar-refractivity contribution in [1.29, 1.82) is 0 Å². The highest BCUT2D eigenvalue weighted by molar-refractivity contribution is 8.22. The van der Waals surface area contributed by atoms with Crippen LogP contribution in [0.25, 0.3) is 5.03 Å². The van der Waals surface area contributed by atoms with E-state index >= 15 is 0 Å². The molecule has 0 aromatic heterocycles. The van der Waals surface area contributed by atoms with Crippen molar-refractivity contribution < 1.29 is 0 Å². The maximum atomic E-state index is 6.37. The van der Waals surface area contributed by atoms with E-state index in [4.69, 9.17) is 11.6 Å². The van der Waals surface area contributed by atoms with Crippen LogP contribution in [0.5, 0.6) is 0 Å². The van der Waals surface area contributed by atoms with Crippen molar-refractivity contribution in [3.63, 3.8) is 0 Å². The third-order valence-corrected chi connectivity index (χ3v) is 5.18. The molecule has 0 amide bonds. The molecule has 0 saturated heterocycles. The van der Waals surface area contributed by atoms with Crippen molar-refractivity contribution in [2.75, 3.05) is 12.5 Å². The van der Waals surface area contributed by atoms with E-state index in [2.05, 4.69) is 50.6 Å². The molecule has 1 rings (SSSR count). The van der Waals surface area contributed by atoms with Gasteiger partial charge in [-0.2, -0.15) is 0 Å². The minimum absolute atomic E-state index is 0.694. The fourth-order valence-electron chi connectivity index (χ4n) is 1.64. The topological polar surface area (TPSA) is 0 Å². The van der Waals surface area contributed by atoms with E-state index in [-0.39, 0.29) is 0 Å². The van der Waals surface area contributed by atoms with Gasteiger partial charge in [-0.1, -0.05) is 49.7 Å². The summed E-state index contributed by atoms with van der Waals surface area (Å²) >= 11 is 9.77. The number of thioether (sulfide) groups is 2. The molecule has 0 aliphatic carbocycles. The highest BCUT2D eigenvalue weighted by Crippen LogP contribution is 2.35. The summed E-state index contributed by atoms with van der Waals surface area (Å²) in [6.07, 6.45) is 5.24. The van der Waals surface area contributed by atoms with Gasteiger partial charge in [0, 0.05) is 0 Å². The van der Waals surface area contributed by atoms with Crippen molar-refractivity contribution in [2.45, 2.75) is 20.3 Å². The summed E-state index contributed by atoms with van der Waals surface area (Å²) in [6, 6.07) is 8.59. The fourth-order valence-corrected chi connectivity index (χ4v) is 3.49. The van der Waals surface area contributed by atoms with Gasteiger partial charge in [0.25, 0.3) is 0 Å². The van der Waals surface area contributed by atoms with Gasteiger partial charge < -0.3 is 0 Å². The van der Waals surface area contributed by atoms with Crippen LogP contribution in [0.15, 0.2) is 28.5 Å². The van der Waals surface area contributed by atoms with Crippen LogP contribution < -0.4 is 0 Å². The predicted molar refractivity (Wildman–Crippen MR) is 84.8 cm³/mol. The van der Waals surface area contributed by atoms with Crippen LogP contribution >= 0.6 is 35.1 Å². The second kappa shape index (κ2) is 7.40. The Labute approximate surface area is 118 Å². The van der Waals surface area contributed by atoms with Crippen molar-refractivity contribution in [1.82, 2.24) is 0 Å². The van der Waals surface area contributed by atoms with Crippen LogP contribution in [-0.4, -0.2) is 12.5 Å². The molecule has 0 nitrogen and oxygen atoms in total. The Balaban J connectivity index is 2.90. The third kappa shape index (κ3) is 4.61. The summed E-state index contributed by atoms with van der Waals surface area (Å²) in [5.74, 6) is 0.694. The Morgan fingerprint density at radius 2 is 1.65 bits per heavy atom. The predicted octanol–water partition coefficient (Wildman–Crippen LogP) is 5.48. The molecule has 1 aromatic carbocycles. The van der Waals surface area contributed by atoms with Gasteiger partial charge in [0.1, 0.15) is 0 Å². The lowest BCUT2D eigenvalue weighted by Gasteiger charge is -2.08. The van der Waals surface area contributed by atoms with Gasteiger partial charge in [-0.3, -0.25) is 0 Å². The molecule has 0 aliphatic heterocycles. The maximum Gasteiger partial charge on any atom is 0.0678 e. The summed E-state index contributed by atoms with van der Waals surface area (Å²) < 4.78 is 1.17. The van der Waals surface area contributed by atoms with Crippen LogP contribution in [0.4, 0.5) is 0 Å². The summed E-state index contributed by atoms with van der Waals surface area (Å²) in [7, 11) is 0. The van der Waals surface area contributed by atoms with Crippen LogP contribution in [0.1, 0.15) is 25.0 Å².